The Labute approximate surface area is 147 Å². The zero-order chi connectivity index (χ0) is 16.6. The topological polar surface area (TPSA) is 58.9 Å². The van der Waals surface area contributed by atoms with Gasteiger partial charge in [0, 0.05) is 21.7 Å². The Morgan fingerprint density at radius 1 is 1.39 bits per heavy atom. The molecule has 1 heterocycles. The van der Waals surface area contributed by atoms with Crippen LogP contribution in [0.4, 0.5) is 5.00 Å². The monoisotopic (exact) mass is 369 g/mol. The lowest BCUT2D eigenvalue weighted by Gasteiger charge is -2.03. The summed E-state index contributed by atoms with van der Waals surface area (Å²) in [6.07, 6.45) is 4.31. The van der Waals surface area contributed by atoms with E-state index in [9.17, 15) is 9.90 Å². The van der Waals surface area contributed by atoms with Crippen LogP contribution in [-0.2, 0) is 17.6 Å². The van der Waals surface area contributed by atoms with Gasteiger partial charge in [0.1, 0.15) is 10.8 Å². The fraction of sp³-hybridized carbons (Fsp3) is 0.250. The Hall–Kier alpha value is -1.56. The van der Waals surface area contributed by atoms with E-state index in [-0.39, 0.29) is 16.7 Å². The van der Waals surface area contributed by atoms with Crippen molar-refractivity contribution in [3.05, 3.63) is 43.7 Å². The van der Waals surface area contributed by atoms with Gasteiger partial charge in [-0.25, -0.2) is 9.79 Å². The van der Waals surface area contributed by atoms with E-state index >= 15 is 0 Å². The molecule has 2 aromatic rings. The molecule has 0 unspecified atom stereocenters. The van der Waals surface area contributed by atoms with Gasteiger partial charge < -0.3 is 9.84 Å². The average molecular weight is 370 g/mol. The highest BCUT2D eigenvalue weighted by atomic mass is 35.5. The molecule has 1 N–H and O–H groups in total. The summed E-state index contributed by atoms with van der Waals surface area (Å²) in [7, 11) is 1.36. The minimum atomic E-state index is -0.384. The van der Waals surface area contributed by atoms with Crippen molar-refractivity contribution in [3.63, 3.8) is 0 Å². The molecule has 1 aromatic carbocycles. The maximum absolute atomic E-state index is 12.1. The van der Waals surface area contributed by atoms with Crippen LogP contribution in [0.25, 0.3) is 0 Å². The first kappa shape index (κ1) is 16.3. The van der Waals surface area contributed by atoms with Crippen LogP contribution in [0.15, 0.2) is 17.1 Å². The summed E-state index contributed by atoms with van der Waals surface area (Å²) in [4.78, 5) is 17.6. The Morgan fingerprint density at radius 2 is 2.17 bits per heavy atom. The molecule has 23 heavy (non-hydrogen) atoms. The molecule has 120 valence electrons. The lowest BCUT2D eigenvalue weighted by Crippen LogP contribution is -2.03. The van der Waals surface area contributed by atoms with Gasteiger partial charge in [-0.05, 0) is 37.0 Å². The number of halogens is 2. The molecule has 4 nitrogen and oxygen atoms in total. The number of aromatic hydroxyl groups is 1. The minimum Gasteiger partial charge on any atom is -0.506 e. The summed E-state index contributed by atoms with van der Waals surface area (Å²) < 4.78 is 4.88. The van der Waals surface area contributed by atoms with Gasteiger partial charge in [-0.1, -0.05) is 23.2 Å². The van der Waals surface area contributed by atoms with Gasteiger partial charge in [0.15, 0.2) is 0 Å². The summed E-state index contributed by atoms with van der Waals surface area (Å²) >= 11 is 13.3. The number of phenolic OH excluding ortho intramolecular Hbond substituents is 1. The molecule has 0 bridgehead atoms. The molecule has 0 radical (unpaired) electrons. The number of carbonyl (C=O) groups is 1. The molecule has 7 heteroatoms. The zero-order valence-corrected chi connectivity index (χ0v) is 14.6. The Bertz CT molecular complexity index is 814. The molecule has 0 aliphatic heterocycles. The summed E-state index contributed by atoms with van der Waals surface area (Å²) in [5, 5.41) is 11.1. The molecule has 0 amide bonds. The molecule has 0 saturated heterocycles. The second-order valence-corrected chi connectivity index (χ2v) is 7.04. The molecule has 0 atom stereocenters. The highest BCUT2D eigenvalue weighted by Crippen LogP contribution is 2.41. The third-order valence-electron chi connectivity index (χ3n) is 3.67. The number of thiophene rings is 1. The number of rotatable bonds is 3. The first-order chi connectivity index (χ1) is 11.0. The number of hydrogen-bond donors (Lipinski definition) is 1. The number of aliphatic imine (C=N–C) groups is 1. The summed E-state index contributed by atoms with van der Waals surface area (Å²) in [5.41, 5.74) is 1.95. The number of hydrogen-bond acceptors (Lipinski definition) is 5. The van der Waals surface area contributed by atoms with Crippen LogP contribution in [0.1, 0.15) is 32.8 Å². The number of ether oxygens (including phenoxy) is 1. The lowest BCUT2D eigenvalue weighted by molar-refractivity contribution is 0.0601. The van der Waals surface area contributed by atoms with E-state index in [1.54, 1.807) is 6.07 Å². The predicted molar refractivity (Wildman–Crippen MR) is 93.1 cm³/mol. The number of carbonyl (C=O) groups excluding carboxylic acids is 1. The van der Waals surface area contributed by atoms with Crippen molar-refractivity contribution in [2.45, 2.75) is 19.3 Å². The Morgan fingerprint density at radius 3 is 2.91 bits per heavy atom. The van der Waals surface area contributed by atoms with E-state index in [2.05, 4.69) is 4.99 Å². The SMILES string of the molecule is COC(=O)c1c(N=Cc2cc(Cl)cc(Cl)c2O)sc2c1CCC2. The standard InChI is InChI=1S/C16H13Cl2NO3S/c1-22-16(21)13-10-3-2-4-12(10)23-15(13)19-7-8-5-9(17)6-11(18)14(8)20/h5-7,20H,2-4H2,1H3. The smallest absolute Gasteiger partial charge is 0.341 e. The van der Waals surface area contributed by atoms with Crippen LogP contribution >= 0.6 is 34.5 Å². The van der Waals surface area contributed by atoms with Gasteiger partial charge >= 0.3 is 5.97 Å². The van der Waals surface area contributed by atoms with Gasteiger partial charge in [0.2, 0.25) is 0 Å². The average Bonchev–Trinajstić information content (AvgIpc) is 3.09. The molecule has 1 aromatic heterocycles. The highest BCUT2D eigenvalue weighted by molar-refractivity contribution is 7.16. The van der Waals surface area contributed by atoms with E-state index < -0.39 is 0 Å². The number of phenols is 1. The molecule has 3 rings (SSSR count). The van der Waals surface area contributed by atoms with Crippen molar-refractivity contribution >= 4 is 51.7 Å². The summed E-state index contributed by atoms with van der Waals surface area (Å²) in [5.74, 6) is -0.478. The van der Waals surface area contributed by atoms with Gasteiger partial charge in [0.05, 0.1) is 17.7 Å². The Balaban J connectivity index is 2.02. The first-order valence-electron chi connectivity index (χ1n) is 6.96. The summed E-state index contributed by atoms with van der Waals surface area (Å²) in [6, 6.07) is 3.01. The second-order valence-electron chi connectivity index (χ2n) is 5.11. The normalized spacial score (nSPS) is 13.5. The molecule has 1 aliphatic carbocycles. The van der Waals surface area contributed by atoms with Crippen molar-refractivity contribution in [3.8, 4) is 5.75 Å². The van der Waals surface area contributed by atoms with E-state index in [0.29, 0.717) is 21.2 Å². The van der Waals surface area contributed by atoms with E-state index in [0.717, 1.165) is 24.8 Å². The quantitative estimate of drug-likeness (QED) is 0.625. The second kappa shape index (κ2) is 6.51. The lowest BCUT2D eigenvalue weighted by atomic mass is 10.1. The van der Waals surface area contributed by atoms with E-state index in [4.69, 9.17) is 27.9 Å². The number of methoxy groups -OCH3 is 1. The number of aryl methyl sites for hydroxylation is 1. The van der Waals surface area contributed by atoms with Crippen molar-refractivity contribution in [2.75, 3.05) is 7.11 Å². The largest absolute Gasteiger partial charge is 0.506 e. The zero-order valence-electron chi connectivity index (χ0n) is 12.2. The molecule has 0 fully saturated rings. The van der Waals surface area contributed by atoms with Crippen molar-refractivity contribution in [2.24, 2.45) is 4.99 Å². The maximum Gasteiger partial charge on any atom is 0.341 e. The molecular formula is C16H13Cl2NO3S. The predicted octanol–water partition coefficient (Wildman–Crippen LogP) is 4.79. The molecular weight excluding hydrogens is 357 g/mol. The third-order valence-corrected chi connectivity index (χ3v) is 5.38. The number of esters is 1. The van der Waals surface area contributed by atoms with Crippen LogP contribution < -0.4 is 0 Å². The highest BCUT2D eigenvalue weighted by Gasteiger charge is 2.26. The van der Waals surface area contributed by atoms with Gasteiger partial charge in [-0.15, -0.1) is 11.3 Å². The maximum atomic E-state index is 12.1. The Kier molecular flexibility index (Phi) is 4.62. The molecule has 1 aliphatic rings. The van der Waals surface area contributed by atoms with Gasteiger partial charge in [0.25, 0.3) is 0 Å². The number of fused-ring (bicyclic) bond motifs is 1. The summed E-state index contributed by atoms with van der Waals surface area (Å²) in [6.45, 7) is 0. The van der Waals surface area contributed by atoms with Crippen molar-refractivity contribution < 1.29 is 14.6 Å². The van der Waals surface area contributed by atoms with Crippen LogP contribution in [0.3, 0.4) is 0 Å². The van der Waals surface area contributed by atoms with Crippen molar-refractivity contribution in [1.82, 2.24) is 0 Å². The van der Waals surface area contributed by atoms with Crippen LogP contribution in [0.5, 0.6) is 5.75 Å². The molecule has 0 spiro atoms. The fourth-order valence-corrected chi connectivity index (χ4v) is 4.34. The molecule has 0 saturated carbocycles. The van der Waals surface area contributed by atoms with E-state index in [1.807, 2.05) is 0 Å². The van der Waals surface area contributed by atoms with Crippen molar-refractivity contribution in [1.29, 1.82) is 0 Å². The number of benzene rings is 1. The fourth-order valence-electron chi connectivity index (χ4n) is 2.61. The first-order valence-corrected chi connectivity index (χ1v) is 8.53. The van der Waals surface area contributed by atoms with Gasteiger partial charge in [-0.2, -0.15) is 0 Å². The third kappa shape index (κ3) is 3.09. The number of nitrogens with zero attached hydrogens (tertiary/aromatic N) is 1. The van der Waals surface area contributed by atoms with E-state index in [1.165, 1.54) is 35.6 Å². The van der Waals surface area contributed by atoms with Crippen LogP contribution in [0, 0.1) is 0 Å². The van der Waals surface area contributed by atoms with Crippen LogP contribution in [-0.4, -0.2) is 24.4 Å². The van der Waals surface area contributed by atoms with Gasteiger partial charge in [-0.3, -0.25) is 0 Å². The van der Waals surface area contributed by atoms with Crippen LogP contribution in [0.2, 0.25) is 10.0 Å². The minimum absolute atomic E-state index is 0.0940.